The Kier molecular flexibility index (Phi) is 4.16. The van der Waals surface area contributed by atoms with Crippen molar-refractivity contribution in [3.8, 4) is 0 Å². The lowest BCUT2D eigenvalue weighted by molar-refractivity contribution is 0.201. The zero-order valence-electron chi connectivity index (χ0n) is 8.61. The van der Waals surface area contributed by atoms with E-state index in [1.807, 2.05) is 6.26 Å². The minimum Gasteiger partial charge on any atom is -0.384 e. The molecule has 0 aromatic carbocycles. The number of methoxy groups -OCH3 is 1. The largest absolute Gasteiger partial charge is 0.384 e. The molecule has 1 aromatic heterocycles. The van der Waals surface area contributed by atoms with Gasteiger partial charge in [0.15, 0.2) is 5.16 Å². The number of thioether (sulfide) groups is 1. The molecule has 1 heterocycles. The molecular formula is C9H14N2O2S. The SMILES string of the molecule is COCCc1cc(=O)n(C)c(SC)n1. The fraction of sp³-hybridized carbons (Fsp3) is 0.556. The Bertz CT molecular complexity index is 362. The predicted molar refractivity (Wildman–Crippen MR) is 56.8 cm³/mol. The molecule has 78 valence electrons. The normalized spacial score (nSPS) is 10.5. The first-order valence-electron chi connectivity index (χ1n) is 4.29. The van der Waals surface area contributed by atoms with E-state index in [0.717, 1.165) is 10.9 Å². The summed E-state index contributed by atoms with van der Waals surface area (Å²) < 4.78 is 6.48. The molecule has 0 aliphatic heterocycles. The van der Waals surface area contributed by atoms with Crippen LogP contribution in [0.15, 0.2) is 16.0 Å². The Morgan fingerprint density at radius 2 is 2.36 bits per heavy atom. The lowest BCUT2D eigenvalue weighted by atomic mass is 10.3. The van der Waals surface area contributed by atoms with Gasteiger partial charge >= 0.3 is 0 Å². The lowest BCUT2D eigenvalue weighted by Crippen LogP contribution is -2.20. The average Bonchev–Trinajstić information content (AvgIpc) is 2.19. The summed E-state index contributed by atoms with van der Waals surface area (Å²) in [6, 6.07) is 1.55. The molecular weight excluding hydrogens is 200 g/mol. The minimum atomic E-state index is -0.0181. The summed E-state index contributed by atoms with van der Waals surface area (Å²) in [5.41, 5.74) is 0.773. The Balaban J connectivity index is 2.98. The maximum absolute atomic E-state index is 11.5. The van der Waals surface area contributed by atoms with Gasteiger partial charge in [-0.2, -0.15) is 0 Å². The van der Waals surface area contributed by atoms with E-state index in [4.69, 9.17) is 4.74 Å². The van der Waals surface area contributed by atoms with Crippen LogP contribution in [-0.4, -0.2) is 29.5 Å². The van der Waals surface area contributed by atoms with Crippen molar-refractivity contribution >= 4 is 11.8 Å². The van der Waals surface area contributed by atoms with Crippen molar-refractivity contribution in [3.05, 3.63) is 22.1 Å². The molecule has 0 amide bonds. The van der Waals surface area contributed by atoms with Gasteiger partial charge in [-0.3, -0.25) is 9.36 Å². The molecule has 0 radical (unpaired) electrons. The van der Waals surface area contributed by atoms with Crippen LogP contribution >= 0.6 is 11.8 Å². The Morgan fingerprint density at radius 3 is 2.93 bits per heavy atom. The summed E-state index contributed by atoms with van der Waals surface area (Å²) in [6.07, 6.45) is 2.59. The van der Waals surface area contributed by atoms with Crippen LogP contribution in [0.4, 0.5) is 0 Å². The molecule has 0 atom stereocenters. The van der Waals surface area contributed by atoms with E-state index in [2.05, 4.69) is 4.98 Å². The van der Waals surface area contributed by atoms with Gasteiger partial charge in [-0.25, -0.2) is 4.98 Å². The van der Waals surface area contributed by atoms with Crippen molar-refractivity contribution < 1.29 is 4.74 Å². The van der Waals surface area contributed by atoms with Crippen LogP contribution in [0.25, 0.3) is 0 Å². The fourth-order valence-electron chi connectivity index (χ4n) is 1.08. The second kappa shape index (κ2) is 5.17. The first-order valence-corrected chi connectivity index (χ1v) is 5.51. The Hall–Kier alpha value is -0.810. The third-order valence-corrected chi connectivity index (χ3v) is 2.62. The summed E-state index contributed by atoms with van der Waals surface area (Å²) in [4.78, 5) is 15.8. The van der Waals surface area contributed by atoms with E-state index in [9.17, 15) is 4.79 Å². The highest BCUT2D eigenvalue weighted by Gasteiger charge is 2.03. The van der Waals surface area contributed by atoms with Crippen LogP contribution in [0.3, 0.4) is 0 Å². The number of hydrogen-bond acceptors (Lipinski definition) is 4. The molecule has 0 aliphatic rings. The molecule has 0 bridgehead atoms. The molecule has 0 saturated heterocycles. The van der Waals surface area contributed by atoms with Crippen molar-refractivity contribution in [1.29, 1.82) is 0 Å². The van der Waals surface area contributed by atoms with Crippen molar-refractivity contribution in [2.75, 3.05) is 20.0 Å². The van der Waals surface area contributed by atoms with Gasteiger partial charge in [0.05, 0.1) is 12.3 Å². The van der Waals surface area contributed by atoms with Crippen molar-refractivity contribution in [2.45, 2.75) is 11.6 Å². The Labute approximate surface area is 87.3 Å². The van der Waals surface area contributed by atoms with Gasteiger partial charge in [0, 0.05) is 26.6 Å². The maximum atomic E-state index is 11.5. The number of ether oxygens (including phenoxy) is 1. The molecule has 1 rings (SSSR count). The number of nitrogens with zero attached hydrogens (tertiary/aromatic N) is 2. The summed E-state index contributed by atoms with van der Waals surface area (Å²) in [5.74, 6) is 0. The van der Waals surface area contributed by atoms with Gasteiger partial charge < -0.3 is 4.74 Å². The van der Waals surface area contributed by atoms with Crippen LogP contribution in [0.2, 0.25) is 0 Å². The zero-order valence-corrected chi connectivity index (χ0v) is 9.43. The van der Waals surface area contributed by atoms with Crippen LogP contribution in [0, 0.1) is 0 Å². The molecule has 0 aliphatic carbocycles. The predicted octanol–water partition coefficient (Wildman–Crippen LogP) is 0.691. The standard InChI is InChI=1S/C9H14N2O2S/c1-11-8(12)6-7(4-5-13-2)10-9(11)14-3/h6H,4-5H2,1-3H3. The Morgan fingerprint density at radius 1 is 1.64 bits per heavy atom. The fourth-order valence-corrected chi connectivity index (χ4v) is 1.65. The molecule has 14 heavy (non-hydrogen) atoms. The quantitative estimate of drug-likeness (QED) is 0.546. The van der Waals surface area contributed by atoms with Gasteiger partial charge in [-0.1, -0.05) is 11.8 Å². The van der Waals surface area contributed by atoms with Crippen molar-refractivity contribution in [2.24, 2.45) is 7.05 Å². The number of rotatable bonds is 4. The molecule has 0 unspecified atom stereocenters. The van der Waals surface area contributed by atoms with E-state index < -0.39 is 0 Å². The topological polar surface area (TPSA) is 44.1 Å². The van der Waals surface area contributed by atoms with Crippen molar-refractivity contribution in [1.82, 2.24) is 9.55 Å². The van der Waals surface area contributed by atoms with Gasteiger partial charge in [0.2, 0.25) is 0 Å². The number of aromatic nitrogens is 2. The molecule has 0 saturated carbocycles. The first-order chi connectivity index (χ1) is 6.69. The summed E-state index contributed by atoms with van der Waals surface area (Å²) in [5, 5.41) is 0.739. The van der Waals surface area contributed by atoms with E-state index in [-0.39, 0.29) is 5.56 Å². The molecule has 0 spiro atoms. The van der Waals surface area contributed by atoms with Gasteiger partial charge in [0.1, 0.15) is 0 Å². The van der Waals surface area contributed by atoms with Crippen molar-refractivity contribution in [3.63, 3.8) is 0 Å². The molecule has 0 N–H and O–H groups in total. The van der Waals surface area contributed by atoms with E-state index >= 15 is 0 Å². The summed E-state index contributed by atoms with van der Waals surface area (Å²) in [7, 11) is 3.36. The second-order valence-corrected chi connectivity index (χ2v) is 3.65. The minimum absolute atomic E-state index is 0.0181. The third-order valence-electron chi connectivity index (χ3n) is 1.89. The summed E-state index contributed by atoms with van der Waals surface area (Å²) >= 11 is 1.47. The lowest BCUT2D eigenvalue weighted by Gasteiger charge is -2.06. The van der Waals surface area contributed by atoms with Gasteiger partial charge in [-0.15, -0.1) is 0 Å². The third kappa shape index (κ3) is 2.59. The van der Waals surface area contributed by atoms with E-state index in [1.165, 1.54) is 11.8 Å². The van der Waals surface area contributed by atoms with Crippen LogP contribution in [-0.2, 0) is 18.2 Å². The average molecular weight is 214 g/mol. The maximum Gasteiger partial charge on any atom is 0.254 e. The van der Waals surface area contributed by atoms with Crippen LogP contribution < -0.4 is 5.56 Å². The van der Waals surface area contributed by atoms with Crippen LogP contribution in [0.5, 0.6) is 0 Å². The molecule has 4 nitrogen and oxygen atoms in total. The van der Waals surface area contributed by atoms with Gasteiger partial charge in [0.25, 0.3) is 5.56 Å². The molecule has 5 heteroatoms. The first kappa shape index (κ1) is 11.3. The highest BCUT2D eigenvalue weighted by Crippen LogP contribution is 2.08. The smallest absolute Gasteiger partial charge is 0.254 e. The molecule has 1 aromatic rings. The second-order valence-electron chi connectivity index (χ2n) is 2.87. The van der Waals surface area contributed by atoms with E-state index in [0.29, 0.717) is 13.0 Å². The monoisotopic (exact) mass is 214 g/mol. The molecule has 0 fully saturated rings. The highest BCUT2D eigenvalue weighted by molar-refractivity contribution is 7.98. The summed E-state index contributed by atoms with van der Waals surface area (Å²) in [6.45, 7) is 0.591. The zero-order chi connectivity index (χ0) is 10.6. The number of hydrogen-bond donors (Lipinski definition) is 0. The van der Waals surface area contributed by atoms with Gasteiger partial charge in [-0.05, 0) is 6.26 Å². The highest BCUT2D eigenvalue weighted by atomic mass is 32.2. The van der Waals surface area contributed by atoms with E-state index in [1.54, 1.807) is 24.8 Å². The van der Waals surface area contributed by atoms with Crippen LogP contribution in [0.1, 0.15) is 5.69 Å².